The lowest BCUT2D eigenvalue weighted by Crippen LogP contribution is -2.46. The van der Waals surface area contributed by atoms with E-state index in [1.807, 2.05) is 25.3 Å². The molecule has 1 saturated heterocycles. The molecule has 1 fully saturated rings. The van der Waals surface area contributed by atoms with Gasteiger partial charge in [-0.25, -0.2) is 15.0 Å². The fourth-order valence-electron chi connectivity index (χ4n) is 2.63. The third kappa shape index (κ3) is 3.51. The van der Waals surface area contributed by atoms with E-state index in [1.54, 1.807) is 13.4 Å². The highest BCUT2D eigenvalue weighted by Crippen LogP contribution is 2.15. The zero-order chi connectivity index (χ0) is 15.4. The summed E-state index contributed by atoms with van der Waals surface area (Å²) in [4.78, 5) is 17.5. The fraction of sp³-hybridized carbons (Fsp3) is 0.438. The number of hydrogen-bond acceptors (Lipinski definition) is 6. The Labute approximate surface area is 130 Å². The van der Waals surface area contributed by atoms with Crippen molar-refractivity contribution in [2.75, 3.05) is 38.2 Å². The molecule has 6 heteroatoms. The predicted octanol–water partition coefficient (Wildman–Crippen LogP) is 1.51. The average Bonchev–Trinajstić information content (AvgIpc) is 2.56. The van der Waals surface area contributed by atoms with Crippen molar-refractivity contribution in [3.8, 4) is 5.88 Å². The van der Waals surface area contributed by atoms with Gasteiger partial charge in [0, 0.05) is 56.7 Å². The van der Waals surface area contributed by atoms with Crippen molar-refractivity contribution in [1.82, 2.24) is 19.9 Å². The molecule has 0 radical (unpaired) electrons. The fourth-order valence-corrected chi connectivity index (χ4v) is 2.63. The van der Waals surface area contributed by atoms with Crippen LogP contribution >= 0.6 is 0 Å². The number of piperazine rings is 1. The Morgan fingerprint density at radius 2 is 1.91 bits per heavy atom. The van der Waals surface area contributed by atoms with Crippen molar-refractivity contribution in [2.45, 2.75) is 13.5 Å². The van der Waals surface area contributed by atoms with Crippen molar-refractivity contribution >= 4 is 5.82 Å². The zero-order valence-corrected chi connectivity index (χ0v) is 13.1. The van der Waals surface area contributed by atoms with Gasteiger partial charge in [-0.2, -0.15) is 0 Å². The maximum atomic E-state index is 5.09. The van der Waals surface area contributed by atoms with Crippen molar-refractivity contribution in [1.29, 1.82) is 0 Å². The second kappa shape index (κ2) is 6.70. The number of aromatic nitrogens is 3. The number of ether oxygens (including phenoxy) is 1. The first-order valence-corrected chi connectivity index (χ1v) is 7.49. The monoisotopic (exact) mass is 299 g/mol. The Bertz CT molecular complexity index is 608. The van der Waals surface area contributed by atoms with E-state index in [2.05, 4.69) is 30.8 Å². The topological polar surface area (TPSA) is 54.4 Å². The van der Waals surface area contributed by atoms with Crippen LogP contribution in [0.1, 0.15) is 11.3 Å². The Hall–Kier alpha value is -2.21. The van der Waals surface area contributed by atoms with Crippen molar-refractivity contribution in [3.63, 3.8) is 0 Å². The standard InChI is InChI=1S/C16H21N5O/c1-13-9-15(19-12-18-13)21-7-5-20(6-8-21)11-14-3-4-16(22-2)17-10-14/h3-4,9-10,12H,5-8,11H2,1-2H3. The molecule has 0 N–H and O–H groups in total. The lowest BCUT2D eigenvalue weighted by molar-refractivity contribution is 0.249. The summed E-state index contributed by atoms with van der Waals surface area (Å²) < 4.78 is 5.09. The summed E-state index contributed by atoms with van der Waals surface area (Å²) in [5, 5.41) is 0. The van der Waals surface area contributed by atoms with Crippen LogP contribution in [0.15, 0.2) is 30.7 Å². The molecule has 0 aromatic carbocycles. The van der Waals surface area contributed by atoms with Gasteiger partial charge in [0.05, 0.1) is 7.11 Å². The van der Waals surface area contributed by atoms with Crippen LogP contribution in [-0.2, 0) is 6.54 Å². The van der Waals surface area contributed by atoms with Gasteiger partial charge in [0.25, 0.3) is 0 Å². The molecule has 0 aliphatic carbocycles. The molecule has 0 atom stereocenters. The van der Waals surface area contributed by atoms with Crippen molar-refractivity contribution in [2.24, 2.45) is 0 Å². The summed E-state index contributed by atoms with van der Waals surface area (Å²) in [5.74, 6) is 1.69. The van der Waals surface area contributed by atoms with E-state index >= 15 is 0 Å². The van der Waals surface area contributed by atoms with Crippen LogP contribution in [-0.4, -0.2) is 53.1 Å². The lowest BCUT2D eigenvalue weighted by Gasteiger charge is -2.35. The van der Waals surface area contributed by atoms with Crippen LogP contribution in [0.25, 0.3) is 0 Å². The van der Waals surface area contributed by atoms with Gasteiger partial charge < -0.3 is 9.64 Å². The molecule has 3 rings (SSSR count). The van der Waals surface area contributed by atoms with Crippen LogP contribution in [0.3, 0.4) is 0 Å². The van der Waals surface area contributed by atoms with E-state index in [1.165, 1.54) is 5.56 Å². The third-order valence-corrected chi connectivity index (χ3v) is 3.90. The highest BCUT2D eigenvalue weighted by atomic mass is 16.5. The maximum Gasteiger partial charge on any atom is 0.212 e. The van der Waals surface area contributed by atoms with E-state index in [4.69, 9.17) is 4.74 Å². The van der Waals surface area contributed by atoms with E-state index in [-0.39, 0.29) is 0 Å². The van der Waals surface area contributed by atoms with E-state index in [0.29, 0.717) is 5.88 Å². The summed E-state index contributed by atoms with van der Waals surface area (Å²) in [6, 6.07) is 6.03. The van der Waals surface area contributed by atoms with E-state index < -0.39 is 0 Å². The highest BCUT2D eigenvalue weighted by molar-refractivity contribution is 5.39. The van der Waals surface area contributed by atoms with Crippen LogP contribution in [0.2, 0.25) is 0 Å². The molecule has 0 spiro atoms. The van der Waals surface area contributed by atoms with Gasteiger partial charge >= 0.3 is 0 Å². The normalized spacial score (nSPS) is 15.8. The number of aryl methyl sites for hydroxylation is 1. The molecule has 0 unspecified atom stereocenters. The molecule has 22 heavy (non-hydrogen) atoms. The molecule has 6 nitrogen and oxygen atoms in total. The van der Waals surface area contributed by atoms with Crippen molar-refractivity contribution in [3.05, 3.63) is 42.0 Å². The number of anilines is 1. The van der Waals surface area contributed by atoms with Crippen LogP contribution in [0, 0.1) is 6.92 Å². The van der Waals surface area contributed by atoms with Gasteiger partial charge in [-0.15, -0.1) is 0 Å². The van der Waals surface area contributed by atoms with Crippen LogP contribution < -0.4 is 9.64 Å². The summed E-state index contributed by atoms with van der Waals surface area (Å²) in [7, 11) is 1.63. The summed E-state index contributed by atoms with van der Waals surface area (Å²) >= 11 is 0. The van der Waals surface area contributed by atoms with Gasteiger partial charge in [0.2, 0.25) is 5.88 Å². The van der Waals surface area contributed by atoms with Crippen LogP contribution in [0.5, 0.6) is 5.88 Å². The quantitative estimate of drug-likeness (QED) is 0.853. The lowest BCUT2D eigenvalue weighted by atomic mass is 10.2. The zero-order valence-electron chi connectivity index (χ0n) is 13.1. The van der Waals surface area contributed by atoms with Gasteiger partial charge in [0.1, 0.15) is 12.1 Å². The molecule has 0 amide bonds. The first kappa shape index (κ1) is 14.7. The SMILES string of the molecule is COc1ccc(CN2CCN(c3cc(C)ncn3)CC2)cn1. The van der Waals surface area contributed by atoms with Gasteiger partial charge in [-0.3, -0.25) is 4.90 Å². The number of pyridine rings is 1. The maximum absolute atomic E-state index is 5.09. The van der Waals surface area contributed by atoms with E-state index in [9.17, 15) is 0 Å². The molecule has 2 aromatic rings. The number of hydrogen-bond donors (Lipinski definition) is 0. The Balaban J connectivity index is 1.55. The molecular weight excluding hydrogens is 278 g/mol. The second-order valence-electron chi connectivity index (χ2n) is 5.49. The minimum absolute atomic E-state index is 0.660. The molecule has 0 bridgehead atoms. The van der Waals surface area contributed by atoms with Gasteiger partial charge in [0.15, 0.2) is 0 Å². The molecule has 2 aromatic heterocycles. The molecule has 1 aliphatic rings. The molecule has 0 saturated carbocycles. The molecule has 3 heterocycles. The summed E-state index contributed by atoms with van der Waals surface area (Å²) in [5.41, 5.74) is 2.23. The molecular formula is C16H21N5O. The smallest absolute Gasteiger partial charge is 0.212 e. The van der Waals surface area contributed by atoms with E-state index in [0.717, 1.165) is 44.2 Å². The largest absolute Gasteiger partial charge is 0.481 e. The minimum atomic E-state index is 0.660. The average molecular weight is 299 g/mol. The Morgan fingerprint density at radius 3 is 2.55 bits per heavy atom. The second-order valence-corrected chi connectivity index (χ2v) is 5.49. The number of nitrogens with zero attached hydrogens (tertiary/aromatic N) is 5. The summed E-state index contributed by atoms with van der Waals surface area (Å²) in [6.07, 6.45) is 3.53. The van der Waals surface area contributed by atoms with Gasteiger partial charge in [-0.1, -0.05) is 6.07 Å². The van der Waals surface area contributed by atoms with Crippen LogP contribution in [0.4, 0.5) is 5.82 Å². The highest BCUT2D eigenvalue weighted by Gasteiger charge is 2.18. The predicted molar refractivity (Wildman–Crippen MR) is 85.0 cm³/mol. The minimum Gasteiger partial charge on any atom is -0.481 e. The number of rotatable bonds is 4. The third-order valence-electron chi connectivity index (χ3n) is 3.90. The Kier molecular flexibility index (Phi) is 4.48. The first-order valence-electron chi connectivity index (χ1n) is 7.49. The molecule has 1 aliphatic heterocycles. The van der Waals surface area contributed by atoms with Crippen molar-refractivity contribution < 1.29 is 4.74 Å². The Morgan fingerprint density at radius 1 is 1.09 bits per heavy atom. The molecule has 116 valence electrons. The summed E-state index contributed by atoms with van der Waals surface area (Å²) in [6.45, 7) is 6.94. The first-order chi connectivity index (χ1) is 10.7. The van der Waals surface area contributed by atoms with Gasteiger partial charge in [-0.05, 0) is 12.5 Å². The number of methoxy groups -OCH3 is 1.